The highest BCUT2D eigenvalue weighted by Gasteiger charge is 1.99. The van der Waals surface area contributed by atoms with Crippen LogP contribution in [0, 0.1) is 0 Å². The third-order valence-electron chi connectivity index (χ3n) is 2.59. The van der Waals surface area contributed by atoms with Gasteiger partial charge in [-0.25, -0.2) is 0 Å². The Morgan fingerprint density at radius 3 is 2.73 bits per heavy atom. The van der Waals surface area contributed by atoms with E-state index >= 15 is 0 Å². The molecule has 1 rings (SSSR count). The summed E-state index contributed by atoms with van der Waals surface area (Å²) in [6.07, 6.45) is 10.1. The van der Waals surface area contributed by atoms with E-state index in [4.69, 9.17) is 0 Å². The standard InChI is InChI=1S/C12H20N2O/c1-2-3-4-5-6-7-10-14-12(11-15)8-9-13-14/h8-9,11H,2-7,10H2,1H3. The molecule has 3 nitrogen and oxygen atoms in total. The van der Waals surface area contributed by atoms with Crippen molar-refractivity contribution in [2.45, 2.75) is 52.0 Å². The fraction of sp³-hybridized carbons (Fsp3) is 0.667. The second-order valence-corrected chi connectivity index (χ2v) is 3.86. The maximum atomic E-state index is 10.6. The fourth-order valence-electron chi connectivity index (χ4n) is 1.67. The summed E-state index contributed by atoms with van der Waals surface area (Å²) in [4.78, 5) is 10.6. The number of aromatic nitrogens is 2. The van der Waals surface area contributed by atoms with Crippen molar-refractivity contribution in [3.05, 3.63) is 18.0 Å². The van der Waals surface area contributed by atoms with Crippen LogP contribution in [0.4, 0.5) is 0 Å². The quantitative estimate of drug-likeness (QED) is 0.486. The maximum absolute atomic E-state index is 10.6. The summed E-state index contributed by atoms with van der Waals surface area (Å²) in [6, 6.07) is 1.75. The van der Waals surface area contributed by atoms with Crippen LogP contribution in [0.5, 0.6) is 0 Å². The lowest BCUT2D eigenvalue weighted by atomic mass is 10.1. The van der Waals surface area contributed by atoms with Crippen LogP contribution in [-0.2, 0) is 6.54 Å². The van der Waals surface area contributed by atoms with Crippen LogP contribution >= 0.6 is 0 Å². The average Bonchev–Trinajstić information content (AvgIpc) is 2.70. The molecule has 0 aromatic carbocycles. The van der Waals surface area contributed by atoms with Crippen LogP contribution in [0.2, 0.25) is 0 Å². The van der Waals surface area contributed by atoms with Gasteiger partial charge >= 0.3 is 0 Å². The first-order chi connectivity index (χ1) is 7.38. The van der Waals surface area contributed by atoms with Gasteiger partial charge in [0.05, 0.1) is 0 Å². The highest BCUT2D eigenvalue weighted by molar-refractivity contribution is 5.71. The van der Waals surface area contributed by atoms with E-state index in [0.29, 0.717) is 5.69 Å². The molecule has 1 aromatic rings. The number of hydrogen-bond donors (Lipinski definition) is 0. The fourth-order valence-corrected chi connectivity index (χ4v) is 1.67. The minimum atomic E-state index is 0.684. The number of unbranched alkanes of at least 4 members (excludes halogenated alkanes) is 5. The predicted octanol–water partition coefficient (Wildman–Crippen LogP) is 3.06. The van der Waals surface area contributed by atoms with Crippen molar-refractivity contribution in [3.63, 3.8) is 0 Å². The molecular weight excluding hydrogens is 188 g/mol. The van der Waals surface area contributed by atoms with Crippen molar-refractivity contribution in [2.75, 3.05) is 0 Å². The van der Waals surface area contributed by atoms with E-state index in [1.807, 2.05) is 0 Å². The van der Waals surface area contributed by atoms with Gasteiger partial charge in [0.15, 0.2) is 6.29 Å². The molecule has 0 atom stereocenters. The molecule has 0 saturated carbocycles. The summed E-state index contributed by atoms with van der Waals surface area (Å²) >= 11 is 0. The second-order valence-electron chi connectivity index (χ2n) is 3.86. The van der Waals surface area contributed by atoms with Gasteiger partial charge in [0.1, 0.15) is 5.69 Å². The minimum Gasteiger partial charge on any atom is -0.296 e. The Kier molecular flexibility index (Phi) is 5.74. The molecule has 1 aromatic heterocycles. The topological polar surface area (TPSA) is 34.9 Å². The van der Waals surface area contributed by atoms with Crippen LogP contribution in [0.1, 0.15) is 55.9 Å². The Hall–Kier alpha value is -1.12. The highest BCUT2D eigenvalue weighted by Crippen LogP contribution is 2.06. The van der Waals surface area contributed by atoms with Crippen molar-refractivity contribution in [2.24, 2.45) is 0 Å². The van der Waals surface area contributed by atoms with Crippen LogP contribution < -0.4 is 0 Å². The van der Waals surface area contributed by atoms with Gasteiger partial charge < -0.3 is 0 Å². The molecular formula is C12H20N2O. The molecule has 0 aliphatic carbocycles. The molecule has 0 N–H and O–H groups in total. The molecule has 0 saturated heterocycles. The lowest BCUT2D eigenvalue weighted by Gasteiger charge is -2.03. The van der Waals surface area contributed by atoms with Crippen LogP contribution in [0.3, 0.4) is 0 Å². The second kappa shape index (κ2) is 7.21. The number of carbonyl (C=O) groups excluding carboxylic acids is 1. The molecule has 0 radical (unpaired) electrons. The van der Waals surface area contributed by atoms with Gasteiger partial charge in [0.25, 0.3) is 0 Å². The SMILES string of the molecule is CCCCCCCCn1nccc1C=O. The lowest BCUT2D eigenvalue weighted by Crippen LogP contribution is -2.04. The molecule has 15 heavy (non-hydrogen) atoms. The predicted molar refractivity (Wildman–Crippen MR) is 61.0 cm³/mol. The zero-order chi connectivity index (χ0) is 10.9. The van der Waals surface area contributed by atoms with E-state index in [-0.39, 0.29) is 0 Å². The van der Waals surface area contributed by atoms with Crippen molar-refractivity contribution in [1.29, 1.82) is 0 Å². The van der Waals surface area contributed by atoms with Crippen molar-refractivity contribution >= 4 is 6.29 Å². The van der Waals surface area contributed by atoms with Crippen LogP contribution in [0.25, 0.3) is 0 Å². The molecule has 0 amide bonds. The summed E-state index contributed by atoms with van der Waals surface area (Å²) in [7, 11) is 0. The van der Waals surface area contributed by atoms with Crippen molar-refractivity contribution in [3.8, 4) is 0 Å². The van der Waals surface area contributed by atoms with E-state index in [0.717, 1.165) is 19.3 Å². The summed E-state index contributed by atoms with van der Waals surface area (Å²) in [5.41, 5.74) is 0.684. The first-order valence-electron chi connectivity index (χ1n) is 5.85. The molecule has 0 spiro atoms. The van der Waals surface area contributed by atoms with Gasteiger partial charge in [-0.3, -0.25) is 9.48 Å². The third-order valence-corrected chi connectivity index (χ3v) is 2.59. The van der Waals surface area contributed by atoms with E-state index in [9.17, 15) is 4.79 Å². The average molecular weight is 208 g/mol. The van der Waals surface area contributed by atoms with Crippen molar-refractivity contribution in [1.82, 2.24) is 9.78 Å². The molecule has 84 valence electrons. The molecule has 0 aliphatic heterocycles. The normalized spacial score (nSPS) is 10.5. The summed E-state index contributed by atoms with van der Waals surface area (Å²) in [5.74, 6) is 0. The molecule has 1 heterocycles. The first-order valence-corrected chi connectivity index (χ1v) is 5.85. The largest absolute Gasteiger partial charge is 0.296 e. The summed E-state index contributed by atoms with van der Waals surface area (Å²) in [6.45, 7) is 3.09. The molecule has 0 fully saturated rings. The maximum Gasteiger partial charge on any atom is 0.168 e. The van der Waals surface area contributed by atoms with Gasteiger partial charge in [0, 0.05) is 12.7 Å². The number of aldehydes is 1. The van der Waals surface area contributed by atoms with Crippen LogP contribution in [0.15, 0.2) is 12.3 Å². The highest BCUT2D eigenvalue weighted by atomic mass is 16.1. The molecule has 0 bridgehead atoms. The number of nitrogens with zero attached hydrogens (tertiary/aromatic N) is 2. The van der Waals surface area contributed by atoms with Gasteiger partial charge in [-0.2, -0.15) is 5.10 Å². The number of carbonyl (C=O) groups is 1. The molecule has 3 heteroatoms. The smallest absolute Gasteiger partial charge is 0.168 e. The number of hydrogen-bond acceptors (Lipinski definition) is 2. The Balaban J connectivity index is 2.12. The Labute approximate surface area is 91.5 Å². The van der Waals surface area contributed by atoms with E-state index in [1.54, 1.807) is 16.9 Å². The Bertz CT molecular complexity index is 281. The Morgan fingerprint density at radius 2 is 2.00 bits per heavy atom. The molecule has 0 unspecified atom stereocenters. The third kappa shape index (κ3) is 4.28. The lowest BCUT2D eigenvalue weighted by molar-refractivity contribution is 0.111. The van der Waals surface area contributed by atoms with E-state index in [2.05, 4.69) is 12.0 Å². The van der Waals surface area contributed by atoms with Gasteiger partial charge in [-0.05, 0) is 12.5 Å². The Morgan fingerprint density at radius 1 is 1.27 bits per heavy atom. The molecule has 0 aliphatic rings. The zero-order valence-corrected chi connectivity index (χ0v) is 9.48. The van der Waals surface area contributed by atoms with E-state index < -0.39 is 0 Å². The van der Waals surface area contributed by atoms with Gasteiger partial charge in [-0.15, -0.1) is 0 Å². The number of aryl methyl sites for hydroxylation is 1. The van der Waals surface area contributed by atoms with Gasteiger partial charge in [-0.1, -0.05) is 39.0 Å². The van der Waals surface area contributed by atoms with Gasteiger partial charge in [0.2, 0.25) is 0 Å². The summed E-state index contributed by atoms with van der Waals surface area (Å²) < 4.78 is 1.78. The number of rotatable bonds is 8. The zero-order valence-electron chi connectivity index (χ0n) is 9.48. The van der Waals surface area contributed by atoms with Crippen molar-refractivity contribution < 1.29 is 4.79 Å². The monoisotopic (exact) mass is 208 g/mol. The van der Waals surface area contributed by atoms with Crippen LogP contribution in [-0.4, -0.2) is 16.1 Å². The van der Waals surface area contributed by atoms with E-state index in [1.165, 1.54) is 32.1 Å². The summed E-state index contributed by atoms with van der Waals surface area (Å²) in [5, 5.41) is 4.11. The first kappa shape index (κ1) is 12.0. The minimum absolute atomic E-state index is 0.684.